The Morgan fingerprint density at radius 2 is 1.65 bits per heavy atom. The molecule has 3 heteroatoms. The third-order valence-electron chi connectivity index (χ3n) is 3.11. The lowest BCUT2D eigenvalue weighted by Gasteiger charge is -2.32. The van der Waals surface area contributed by atoms with Crippen molar-refractivity contribution in [3.05, 3.63) is 35.9 Å². The Hall–Kier alpha value is -0.900. The van der Waals surface area contributed by atoms with E-state index in [1.54, 1.807) is 14.2 Å². The monoisotopic (exact) mass is 237 g/mol. The van der Waals surface area contributed by atoms with Crippen LogP contribution in [0.25, 0.3) is 0 Å². The summed E-state index contributed by atoms with van der Waals surface area (Å²) in [6.07, 6.45) is 2.02. The molecule has 0 atom stereocenters. The second kappa shape index (κ2) is 7.43. The lowest BCUT2D eigenvalue weighted by Crippen LogP contribution is -2.51. The molecule has 1 N–H and O–H groups in total. The number of hydrogen-bond acceptors (Lipinski definition) is 3. The van der Waals surface area contributed by atoms with Gasteiger partial charge in [-0.05, 0) is 25.5 Å². The average Bonchev–Trinajstić information content (AvgIpc) is 2.38. The van der Waals surface area contributed by atoms with Crippen molar-refractivity contribution in [2.45, 2.75) is 18.4 Å². The van der Waals surface area contributed by atoms with Crippen LogP contribution in [0.15, 0.2) is 30.3 Å². The van der Waals surface area contributed by atoms with E-state index in [1.807, 2.05) is 13.1 Å². The molecule has 17 heavy (non-hydrogen) atoms. The summed E-state index contributed by atoms with van der Waals surface area (Å²) in [6.45, 7) is 1.31. The zero-order valence-corrected chi connectivity index (χ0v) is 11.0. The molecule has 1 aromatic rings. The van der Waals surface area contributed by atoms with E-state index >= 15 is 0 Å². The van der Waals surface area contributed by atoms with E-state index in [9.17, 15) is 0 Å². The van der Waals surface area contributed by atoms with Crippen LogP contribution in [0.1, 0.15) is 12.0 Å². The van der Waals surface area contributed by atoms with E-state index in [4.69, 9.17) is 9.47 Å². The van der Waals surface area contributed by atoms with Crippen LogP contribution in [0, 0.1) is 0 Å². The van der Waals surface area contributed by atoms with E-state index in [1.165, 1.54) is 5.56 Å². The van der Waals surface area contributed by atoms with Crippen molar-refractivity contribution in [1.82, 2.24) is 5.32 Å². The normalized spacial score (nSPS) is 11.7. The van der Waals surface area contributed by atoms with E-state index in [2.05, 4.69) is 29.6 Å². The first-order valence-electron chi connectivity index (χ1n) is 5.97. The Labute approximate surface area is 104 Å². The summed E-state index contributed by atoms with van der Waals surface area (Å²) in [5, 5.41) is 3.34. The van der Waals surface area contributed by atoms with Gasteiger partial charge in [0, 0.05) is 14.2 Å². The van der Waals surface area contributed by atoms with Gasteiger partial charge in [-0.25, -0.2) is 0 Å². The van der Waals surface area contributed by atoms with E-state index in [-0.39, 0.29) is 5.54 Å². The first-order valence-corrected chi connectivity index (χ1v) is 5.97. The fourth-order valence-electron chi connectivity index (χ4n) is 2.04. The highest BCUT2D eigenvalue weighted by Crippen LogP contribution is 2.15. The van der Waals surface area contributed by atoms with Crippen molar-refractivity contribution in [3.63, 3.8) is 0 Å². The first-order chi connectivity index (χ1) is 8.26. The summed E-state index contributed by atoms with van der Waals surface area (Å²) >= 11 is 0. The van der Waals surface area contributed by atoms with Crippen molar-refractivity contribution in [1.29, 1.82) is 0 Å². The minimum absolute atomic E-state index is 0.0979. The predicted octanol–water partition coefficient (Wildman–Crippen LogP) is 1.87. The molecule has 3 nitrogen and oxygen atoms in total. The number of ether oxygens (including phenoxy) is 2. The van der Waals surface area contributed by atoms with Gasteiger partial charge in [0.25, 0.3) is 0 Å². The van der Waals surface area contributed by atoms with Gasteiger partial charge in [0.05, 0.1) is 18.8 Å². The Balaban J connectivity index is 2.59. The number of rotatable bonds is 8. The summed E-state index contributed by atoms with van der Waals surface area (Å²) in [6, 6.07) is 10.5. The molecule has 0 heterocycles. The number of likely N-dealkylation sites (N-methyl/N-ethyl adjacent to an activating group) is 1. The van der Waals surface area contributed by atoms with Gasteiger partial charge in [-0.2, -0.15) is 0 Å². The first kappa shape index (κ1) is 14.2. The maximum Gasteiger partial charge on any atom is 0.0667 e. The molecule has 0 amide bonds. The molecule has 1 aromatic carbocycles. The number of methoxy groups -OCH3 is 2. The molecule has 0 aliphatic rings. The van der Waals surface area contributed by atoms with Gasteiger partial charge in [0.15, 0.2) is 0 Å². The Morgan fingerprint density at radius 3 is 2.12 bits per heavy atom. The molecule has 0 aliphatic heterocycles. The largest absolute Gasteiger partial charge is 0.383 e. The number of aryl methyl sites for hydroxylation is 1. The number of hydrogen-bond donors (Lipinski definition) is 1. The summed E-state index contributed by atoms with van der Waals surface area (Å²) < 4.78 is 10.6. The lowest BCUT2D eigenvalue weighted by atomic mass is 9.93. The van der Waals surface area contributed by atoms with Crippen molar-refractivity contribution in [2.24, 2.45) is 0 Å². The van der Waals surface area contributed by atoms with Gasteiger partial charge in [-0.3, -0.25) is 0 Å². The second-order valence-electron chi connectivity index (χ2n) is 4.38. The topological polar surface area (TPSA) is 30.5 Å². The highest BCUT2D eigenvalue weighted by atomic mass is 16.5. The standard InChI is InChI=1S/C14H23NO2/c1-15-14(11-16-2,12-17-3)10-9-13-7-5-4-6-8-13/h4-8,15H,9-12H2,1-3H3. The number of benzene rings is 1. The van der Waals surface area contributed by atoms with Gasteiger partial charge < -0.3 is 14.8 Å². The summed E-state index contributed by atoms with van der Waals surface area (Å²) in [7, 11) is 5.41. The van der Waals surface area contributed by atoms with Gasteiger partial charge in [0.1, 0.15) is 0 Å². The third-order valence-corrected chi connectivity index (χ3v) is 3.11. The lowest BCUT2D eigenvalue weighted by molar-refractivity contribution is 0.0412. The van der Waals surface area contributed by atoms with Crippen LogP contribution in [-0.2, 0) is 15.9 Å². The van der Waals surface area contributed by atoms with Crippen LogP contribution in [0.5, 0.6) is 0 Å². The van der Waals surface area contributed by atoms with Crippen LogP contribution >= 0.6 is 0 Å². The van der Waals surface area contributed by atoms with Crippen molar-refractivity contribution >= 4 is 0 Å². The van der Waals surface area contributed by atoms with Crippen LogP contribution in [0.4, 0.5) is 0 Å². The fraction of sp³-hybridized carbons (Fsp3) is 0.571. The highest BCUT2D eigenvalue weighted by molar-refractivity contribution is 5.15. The summed E-state index contributed by atoms with van der Waals surface area (Å²) in [5.41, 5.74) is 1.25. The maximum absolute atomic E-state index is 5.30. The van der Waals surface area contributed by atoms with Gasteiger partial charge >= 0.3 is 0 Å². The van der Waals surface area contributed by atoms with Crippen LogP contribution in [-0.4, -0.2) is 40.0 Å². The molecule has 0 aromatic heterocycles. The van der Waals surface area contributed by atoms with Crippen LogP contribution < -0.4 is 5.32 Å². The molecule has 0 saturated heterocycles. The zero-order chi connectivity index (χ0) is 12.6. The van der Waals surface area contributed by atoms with Gasteiger partial charge in [0.2, 0.25) is 0 Å². The molecule has 96 valence electrons. The van der Waals surface area contributed by atoms with Crippen molar-refractivity contribution in [2.75, 3.05) is 34.5 Å². The average molecular weight is 237 g/mol. The third kappa shape index (κ3) is 4.46. The van der Waals surface area contributed by atoms with Crippen molar-refractivity contribution < 1.29 is 9.47 Å². The van der Waals surface area contributed by atoms with E-state index in [0.29, 0.717) is 13.2 Å². The molecule has 0 unspecified atom stereocenters. The van der Waals surface area contributed by atoms with Crippen molar-refractivity contribution in [3.8, 4) is 0 Å². The summed E-state index contributed by atoms with van der Waals surface area (Å²) in [5.74, 6) is 0. The Kier molecular flexibility index (Phi) is 6.19. The number of nitrogens with one attached hydrogen (secondary N) is 1. The van der Waals surface area contributed by atoms with Crippen LogP contribution in [0.3, 0.4) is 0 Å². The summed E-state index contributed by atoms with van der Waals surface area (Å²) in [4.78, 5) is 0. The highest BCUT2D eigenvalue weighted by Gasteiger charge is 2.27. The minimum atomic E-state index is -0.0979. The molecule has 0 spiro atoms. The molecule has 0 bridgehead atoms. The molecule has 1 rings (SSSR count). The van der Waals surface area contributed by atoms with Gasteiger partial charge in [-0.1, -0.05) is 30.3 Å². The van der Waals surface area contributed by atoms with E-state index < -0.39 is 0 Å². The maximum atomic E-state index is 5.30. The van der Waals surface area contributed by atoms with Crippen LogP contribution in [0.2, 0.25) is 0 Å². The predicted molar refractivity (Wildman–Crippen MR) is 70.3 cm³/mol. The quantitative estimate of drug-likeness (QED) is 0.748. The zero-order valence-electron chi connectivity index (χ0n) is 11.0. The molecular formula is C14H23NO2. The Morgan fingerprint density at radius 1 is 1.06 bits per heavy atom. The second-order valence-corrected chi connectivity index (χ2v) is 4.38. The molecule has 0 aliphatic carbocycles. The fourth-order valence-corrected chi connectivity index (χ4v) is 2.04. The molecule has 0 radical (unpaired) electrons. The smallest absolute Gasteiger partial charge is 0.0667 e. The minimum Gasteiger partial charge on any atom is -0.383 e. The molecule has 0 fully saturated rings. The molecular weight excluding hydrogens is 214 g/mol. The Bertz CT molecular complexity index is 294. The van der Waals surface area contributed by atoms with E-state index in [0.717, 1.165) is 12.8 Å². The SMILES string of the molecule is CNC(CCc1ccccc1)(COC)COC. The van der Waals surface area contributed by atoms with Gasteiger partial charge in [-0.15, -0.1) is 0 Å². The molecule has 0 saturated carbocycles.